The molecule has 110 valence electrons. The highest BCUT2D eigenvalue weighted by molar-refractivity contribution is 8.57. The number of nitro groups is 1. The molecular formula is C11H16N3O4PS. The highest BCUT2D eigenvalue weighted by Crippen LogP contribution is 2.50. The normalized spacial score (nSPS) is 15.2. The maximum Gasteiger partial charge on any atom is 0.290 e. The monoisotopic (exact) mass is 317 g/mol. The number of amides is 1. The van der Waals surface area contributed by atoms with Crippen molar-refractivity contribution in [1.82, 2.24) is 5.09 Å². The van der Waals surface area contributed by atoms with E-state index in [-0.39, 0.29) is 16.5 Å². The first-order valence-corrected chi connectivity index (χ1v) is 9.15. The van der Waals surface area contributed by atoms with Crippen molar-refractivity contribution in [2.45, 2.75) is 25.5 Å². The van der Waals surface area contributed by atoms with Crippen molar-refractivity contribution in [3.63, 3.8) is 0 Å². The van der Waals surface area contributed by atoms with Gasteiger partial charge in [0.05, 0.1) is 4.92 Å². The maximum absolute atomic E-state index is 12.0. The minimum Gasteiger partial charge on any atom is -0.283 e. The number of nitrogens with zero attached hydrogens (tertiary/aromatic N) is 1. The van der Waals surface area contributed by atoms with Gasteiger partial charge in [-0.25, -0.2) is 0 Å². The van der Waals surface area contributed by atoms with E-state index in [0.717, 1.165) is 17.8 Å². The number of nitrogens with one attached hydrogen (secondary N) is 1. The van der Waals surface area contributed by atoms with E-state index in [2.05, 4.69) is 5.09 Å². The van der Waals surface area contributed by atoms with E-state index >= 15 is 0 Å². The lowest BCUT2D eigenvalue weighted by atomic mass is 10.2. The van der Waals surface area contributed by atoms with Crippen LogP contribution in [0.1, 0.15) is 30.6 Å². The Labute approximate surface area is 120 Å². The summed E-state index contributed by atoms with van der Waals surface area (Å²) in [4.78, 5) is 21.8. The lowest BCUT2D eigenvalue weighted by Crippen LogP contribution is -2.23. The molecule has 0 aliphatic rings. The third-order valence-corrected chi connectivity index (χ3v) is 6.32. The smallest absolute Gasteiger partial charge is 0.283 e. The Hall–Kier alpha value is -1.37. The molecule has 0 saturated carbocycles. The Kier molecular flexibility index (Phi) is 5.74. The lowest BCUT2D eigenvalue weighted by Gasteiger charge is -2.17. The van der Waals surface area contributed by atoms with E-state index in [1.54, 1.807) is 0 Å². The maximum atomic E-state index is 12.0. The van der Waals surface area contributed by atoms with Crippen molar-refractivity contribution in [1.29, 1.82) is 0 Å². The molecule has 1 amide bonds. The molecule has 0 saturated heterocycles. The average Bonchev–Trinajstić information content (AvgIpc) is 2.37. The van der Waals surface area contributed by atoms with Crippen molar-refractivity contribution >= 4 is 29.6 Å². The molecular weight excluding hydrogens is 301 g/mol. The van der Waals surface area contributed by atoms with Crippen LogP contribution in [0.25, 0.3) is 0 Å². The number of hydrogen-bond donors (Lipinski definition) is 2. The average molecular weight is 317 g/mol. The fraction of sp³-hybridized carbons (Fsp3) is 0.364. The molecule has 20 heavy (non-hydrogen) atoms. The Morgan fingerprint density at radius 2 is 2.05 bits per heavy atom. The summed E-state index contributed by atoms with van der Waals surface area (Å²) >= 11 is 1.03. The van der Waals surface area contributed by atoms with E-state index < -0.39 is 17.5 Å². The van der Waals surface area contributed by atoms with E-state index in [4.69, 9.17) is 5.50 Å². The van der Waals surface area contributed by atoms with Gasteiger partial charge in [-0.2, -0.15) is 0 Å². The molecule has 0 aliphatic carbocycles. The van der Waals surface area contributed by atoms with Crippen LogP contribution in [0, 0.1) is 10.1 Å². The van der Waals surface area contributed by atoms with Crippen LogP contribution in [0.2, 0.25) is 0 Å². The van der Waals surface area contributed by atoms with Crippen molar-refractivity contribution in [2.24, 2.45) is 5.50 Å². The van der Waals surface area contributed by atoms with Gasteiger partial charge in [-0.3, -0.25) is 30.1 Å². The SMILES string of the molecule is CCC(C)SP(N)(=O)NC(=O)c1ccc([N+](=O)[O-])cc1. The van der Waals surface area contributed by atoms with Gasteiger partial charge in [0.25, 0.3) is 18.2 Å². The number of carbonyl (C=O) groups excluding carboxylic acids is 1. The first-order chi connectivity index (χ1) is 9.25. The summed E-state index contributed by atoms with van der Waals surface area (Å²) in [5.74, 6) is -0.610. The van der Waals surface area contributed by atoms with E-state index in [9.17, 15) is 19.5 Å². The van der Waals surface area contributed by atoms with Crippen molar-refractivity contribution in [3.05, 3.63) is 39.9 Å². The van der Waals surface area contributed by atoms with Crippen LogP contribution in [0.4, 0.5) is 5.69 Å². The zero-order valence-corrected chi connectivity index (χ0v) is 12.8. The second kappa shape index (κ2) is 6.88. The molecule has 0 heterocycles. The van der Waals surface area contributed by atoms with Crippen LogP contribution in [0.15, 0.2) is 24.3 Å². The van der Waals surface area contributed by atoms with Gasteiger partial charge in [0.2, 0.25) is 0 Å². The van der Waals surface area contributed by atoms with Gasteiger partial charge in [0.15, 0.2) is 0 Å². The first kappa shape index (κ1) is 16.7. The molecule has 0 bridgehead atoms. The zero-order valence-electron chi connectivity index (χ0n) is 11.1. The molecule has 3 N–H and O–H groups in total. The lowest BCUT2D eigenvalue weighted by molar-refractivity contribution is -0.384. The summed E-state index contributed by atoms with van der Waals surface area (Å²) < 4.78 is 12.0. The van der Waals surface area contributed by atoms with E-state index in [0.29, 0.717) is 0 Å². The number of nitro benzene ring substituents is 1. The summed E-state index contributed by atoms with van der Waals surface area (Å²) in [6.45, 7) is 0.455. The van der Waals surface area contributed by atoms with Crippen molar-refractivity contribution in [3.8, 4) is 0 Å². The molecule has 1 aromatic carbocycles. The van der Waals surface area contributed by atoms with Gasteiger partial charge in [0, 0.05) is 22.9 Å². The summed E-state index contributed by atoms with van der Waals surface area (Å²) in [6.07, 6.45) is 0.777. The number of benzene rings is 1. The molecule has 0 aliphatic heterocycles. The Morgan fingerprint density at radius 3 is 2.50 bits per heavy atom. The number of carbonyl (C=O) groups is 1. The molecule has 9 heteroatoms. The molecule has 1 aromatic rings. The van der Waals surface area contributed by atoms with Crippen molar-refractivity contribution in [2.75, 3.05) is 0 Å². The van der Waals surface area contributed by atoms with E-state index in [1.165, 1.54) is 24.3 Å². The number of nitrogens with two attached hydrogens (primary N) is 1. The Morgan fingerprint density at radius 1 is 1.50 bits per heavy atom. The Balaban J connectivity index is 2.75. The first-order valence-electron chi connectivity index (χ1n) is 5.89. The quantitative estimate of drug-likeness (QED) is 0.473. The van der Waals surface area contributed by atoms with Crippen LogP contribution in [-0.2, 0) is 4.57 Å². The summed E-state index contributed by atoms with van der Waals surface area (Å²) in [5.41, 5.74) is 5.64. The van der Waals surface area contributed by atoms with Crippen LogP contribution in [0.5, 0.6) is 0 Å². The molecule has 0 radical (unpaired) electrons. The van der Waals surface area contributed by atoms with Crippen LogP contribution in [-0.4, -0.2) is 16.1 Å². The number of rotatable bonds is 6. The molecule has 1 rings (SSSR count). The minimum absolute atomic E-state index is 0.0583. The minimum atomic E-state index is -3.33. The second-order valence-corrected chi connectivity index (χ2v) is 8.86. The molecule has 2 unspecified atom stereocenters. The molecule has 0 aromatic heterocycles. The van der Waals surface area contributed by atoms with Gasteiger partial charge >= 0.3 is 0 Å². The fourth-order valence-electron chi connectivity index (χ4n) is 1.31. The second-order valence-electron chi connectivity index (χ2n) is 4.17. The standard InChI is InChI=1S/C11H16N3O4PS/c1-3-8(2)20-19(12,18)13-11(15)9-4-6-10(7-5-9)14(16)17/h4-8H,3H2,1-2H3,(H3,12,13,15,18). The van der Waals surface area contributed by atoms with E-state index in [1.807, 2.05) is 13.8 Å². The van der Waals surface area contributed by atoms with Gasteiger partial charge < -0.3 is 0 Å². The van der Waals surface area contributed by atoms with Crippen LogP contribution >= 0.6 is 18.0 Å². The summed E-state index contributed by atoms with van der Waals surface area (Å²) in [7, 11) is 0. The predicted molar refractivity (Wildman–Crippen MR) is 79.7 cm³/mol. The largest absolute Gasteiger partial charge is 0.290 e. The van der Waals surface area contributed by atoms with Gasteiger partial charge in [-0.05, 0) is 18.6 Å². The van der Waals surface area contributed by atoms with Gasteiger partial charge in [0.1, 0.15) is 0 Å². The highest BCUT2D eigenvalue weighted by Gasteiger charge is 2.23. The molecule has 2 atom stereocenters. The van der Waals surface area contributed by atoms with Crippen LogP contribution < -0.4 is 10.6 Å². The molecule has 0 fully saturated rings. The zero-order chi connectivity index (χ0) is 15.3. The third-order valence-electron chi connectivity index (χ3n) is 2.51. The van der Waals surface area contributed by atoms with Crippen molar-refractivity contribution < 1.29 is 14.3 Å². The predicted octanol–water partition coefficient (Wildman–Crippen LogP) is 2.92. The Bertz CT molecular complexity index is 549. The van der Waals surface area contributed by atoms with Gasteiger partial charge in [-0.1, -0.05) is 25.2 Å². The van der Waals surface area contributed by atoms with Gasteiger partial charge in [-0.15, -0.1) is 0 Å². The molecule has 0 spiro atoms. The summed E-state index contributed by atoms with van der Waals surface area (Å²) in [6, 6.07) is 5.00. The summed E-state index contributed by atoms with van der Waals surface area (Å²) in [5, 5.41) is 12.8. The molecule has 7 nitrogen and oxygen atoms in total. The third kappa shape index (κ3) is 4.96. The fourth-order valence-corrected chi connectivity index (χ4v) is 4.92. The number of hydrogen-bond acceptors (Lipinski definition) is 5. The number of non-ortho nitro benzene ring substituents is 1. The topological polar surface area (TPSA) is 115 Å². The van der Waals surface area contributed by atoms with Crippen LogP contribution in [0.3, 0.4) is 0 Å². The highest BCUT2D eigenvalue weighted by atomic mass is 32.7.